The number of aromatic nitrogens is 1. The molecule has 0 saturated carbocycles. The molecule has 1 aromatic heterocycles. The third-order valence-corrected chi connectivity index (χ3v) is 3.27. The minimum absolute atomic E-state index is 0.216. The summed E-state index contributed by atoms with van der Waals surface area (Å²) >= 11 is 0. The second-order valence-corrected chi connectivity index (χ2v) is 4.87. The first-order chi connectivity index (χ1) is 10.2. The number of aryl methyl sites for hydroxylation is 1. The molecule has 2 N–H and O–H groups in total. The Morgan fingerprint density at radius 3 is 2.76 bits per heavy atom. The number of fused-ring (bicyclic) bond motifs is 1. The van der Waals surface area contributed by atoms with Crippen LogP contribution in [0.15, 0.2) is 48.5 Å². The fourth-order valence-corrected chi connectivity index (χ4v) is 2.31. The van der Waals surface area contributed by atoms with Gasteiger partial charge in [-0.1, -0.05) is 6.07 Å². The Kier molecular flexibility index (Phi) is 3.36. The number of pyridine rings is 1. The average Bonchev–Trinajstić information content (AvgIpc) is 2.46. The summed E-state index contributed by atoms with van der Waals surface area (Å²) in [6.07, 6.45) is 0. The molecule has 0 bridgehead atoms. The van der Waals surface area contributed by atoms with Gasteiger partial charge >= 0.3 is 0 Å². The second kappa shape index (κ2) is 5.32. The molecule has 4 nitrogen and oxygen atoms in total. The smallest absolute Gasteiger partial charge is 0.120 e. The molecule has 0 amide bonds. The van der Waals surface area contributed by atoms with Gasteiger partial charge in [0.25, 0.3) is 0 Å². The van der Waals surface area contributed by atoms with Crippen molar-refractivity contribution in [2.45, 2.75) is 6.92 Å². The molecule has 0 saturated heterocycles. The van der Waals surface area contributed by atoms with Gasteiger partial charge in [-0.15, -0.1) is 0 Å². The van der Waals surface area contributed by atoms with E-state index in [0.717, 1.165) is 33.7 Å². The molecule has 4 heteroatoms. The number of ether oxygens (including phenoxy) is 1. The Morgan fingerprint density at radius 2 is 1.95 bits per heavy atom. The molecule has 3 rings (SSSR count). The van der Waals surface area contributed by atoms with Gasteiger partial charge in [0, 0.05) is 34.6 Å². The zero-order chi connectivity index (χ0) is 14.8. The molecule has 0 spiro atoms. The summed E-state index contributed by atoms with van der Waals surface area (Å²) in [5, 5.41) is 13.9. The normalized spacial score (nSPS) is 10.6. The molecule has 0 aliphatic rings. The first-order valence-corrected chi connectivity index (χ1v) is 6.67. The number of hydrogen-bond acceptors (Lipinski definition) is 4. The molecular formula is C17H16N2O2. The van der Waals surface area contributed by atoms with E-state index >= 15 is 0 Å². The van der Waals surface area contributed by atoms with Crippen LogP contribution in [-0.4, -0.2) is 17.2 Å². The van der Waals surface area contributed by atoms with E-state index in [-0.39, 0.29) is 5.75 Å². The largest absolute Gasteiger partial charge is 0.508 e. The van der Waals surface area contributed by atoms with Crippen LogP contribution in [0.3, 0.4) is 0 Å². The molecule has 21 heavy (non-hydrogen) atoms. The minimum atomic E-state index is 0.216. The van der Waals surface area contributed by atoms with Crippen molar-refractivity contribution in [3.8, 4) is 11.5 Å². The SMILES string of the molecule is COc1cccc(Nc2cc(C)nc3cc(O)ccc23)c1. The molecule has 0 aliphatic heterocycles. The number of phenolic OH excluding ortho intramolecular Hbond substituents is 1. The van der Waals surface area contributed by atoms with Crippen molar-refractivity contribution in [1.82, 2.24) is 4.98 Å². The predicted molar refractivity (Wildman–Crippen MR) is 84.4 cm³/mol. The topological polar surface area (TPSA) is 54.4 Å². The summed E-state index contributed by atoms with van der Waals surface area (Å²) in [5.41, 5.74) is 3.54. The number of methoxy groups -OCH3 is 1. The summed E-state index contributed by atoms with van der Waals surface area (Å²) in [5.74, 6) is 1.01. The summed E-state index contributed by atoms with van der Waals surface area (Å²) < 4.78 is 5.23. The molecule has 3 aromatic rings. The molecule has 0 fully saturated rings. The van der Waals surface area contributed by atoms with Crippen molar-refractivity contribution in [2.24, 2.45) is 0 Å². The van der Waals surface area contributed by atoms with Crippen LogP contribution in [0.5, 0.6) is 11.5 Å². The number of nitrogens with one attached hydrogen (secondary N) is 1. The fourth-order valence-electron chi connectivity index (χ4n) is 2.31. The number of benzene rings is 2. The number of phenols is 1. The second-order valence-electron chi connectivity index (χ2n) is 4.87. The van der Waals surface area contributed by atoms with Crippen molar-refractivity contribution >= 4 is 22.3 Å². The maximum Gasteiger partial charge on any atom is 0.120 e. The lowest BCUT2D eigenvalue weighted by Gasteiger charge is -2.12. The van der Waals surface area contributed by atoms with Gasteiger partial charge in [0.15, 0.2) is 0 Å². The van der Waals surface area contributed by atoms with Gasteiger partial charge in [0.05, 0.1) is 12.6 Å². The molecular weight excluding hydrogens is 264 g/mol. The lowest BCUT2D eigenvalue weighted by atomic mass is 10.1. The summed E-state index contributed by atoms with van der Waals surface area (Å²) in [6.45, 7) is 1.93. The van der Waals surface area contributed by atoms with Crippen LogP contribution in [0.2, 0.25) is 0 Å². The maximum atomic E-state index is 9.59. The number of anilines is 2. The fraction of sp³-hybridized carbons (Fsp3) is 0.118. The van der Waals surface area contributed by atoms with E-state index in [4.69, 9.17) is 4.74 Å². The highest BCUT2D eigenvalue weighted by Gasteiger charge is 2.06. The van der Waals surface area contributed by atoms with Crippen LogP contribution >= 0.6 is 0 Å². The Morgan fingerprint density at radius 1 is 1.10 bits per heavy atom. The number of rotatable bonds is 3. The molecule has 1 heterocycles. The van der Waals surface area contributed by atoms with Crippen molar-refractivity contribution in [3.63, 3.8) is 0 Å². The van der Waals surface area contributed by atoms with Crippen LogP contribution in [0.1, 0.15) is 5.69 Å². The Bertz CT molecular complexity index is 795. The molecule has 0 atom stereocenters. The van der Waals surface area contributed by atoms with E-state index in [9.17, 15) is 5.11 Å². The Balaban J connectivity index is 2.07. The maximum absolute atomic E-state index is 9.59. The monoisotopic (exact) mass is 280 g/mol. The number of aromatic hydroxyl groups is 1. The third kappa shape index (κ3) is 2.74. The first-order valence-electron chi connectivity index (χ1n) is 6.67. The van der Waals surface area contributed by atoms with Crippen LogP contribution in [0.25, 0.3) is 10.9 Å². The predicted octanol–water partition coefficient (Wildman–Crippen LogP) is 4.00. The third-order valence-electron chi connectivity index (χ3n) is 3.27. The van der Waals surface area contributed by atoms with E-state index in [1.807, 2.05) is 43.3 Å². The highest BCUT2D eigenvalue weighted by molar-refractivity contribution is 5.94. The van der Waals surface area contributed by atoms with E-state index in [0.29, 0.717) is 0 Å². The lowest BCUT2D eigenvalue weighted by Crippen LogP contribution is -1.95. The molecule has 106 valence electrons. The van der Waals surface area contributed by atoms with Crippen molar-refractivity contribution in [3.05, 3.63) is 54.2 Å². The summed E-state index contributed by atoms with van der Waals surface area (Å²) in [6, 6.07) is 14.9. The molecule has 0 unspecified atom stereocenters. The van der Waals surface area contributed by atoms with Crippen molar-refractivity contribution in [1.29, 1.82) is 0 Å². The van der Waals surface area contributed by atoms with Gasteiger partial charge in [-0.3, -0.25) is 4.98 Å². The van der Waals surface area contributed by atoms with E-state index in [1.165, 1.54) is 0 Å². The van der Waals surface area contributed by atoms with Crippen LogP contribution < -0.4 is 10.1 Å². The van der Waals surface area contributed by atoms with Crippen molar-refractivity contribution < 1.29 is 9.84 Å². The first kappa shape index (κ1) is 13.2. The van der Waals surface area contributed by atoms with Crippen molar-refractivity contribution in [2.75, 3.05) is 12.4 Å². The van der Waals surface area contributed by atoms with Gasteiger partial charge in [-0.05, 0) is 37.3 Å². The Labute approximate surface area is 123 Å². The van der Waals surface area contributed by atoms with E-state index < -0.39 is 0 Å². The lowest BCUT2D eigenvalue weighted by molar-refractivity contribution is 0.415. The van der Waals surface area contributed by atoms with Crippen LogP contribution in [0.4, 0.5) is 11.4 Å². The number of hydrogen-bond donors (Lipinski definition) is 2. The zero-order valence-electron chi connectivity index (χ0n) is 11.9. The van der Waals surface area contributed by atoms with Gasteiger partial charge in [-0.2, -0.15) is 0 Å². The standard InChI is InChI=1S/C17H16N2O2/c1-11-8-16(15-7-6-13(20)10-17(15)18-11)19-12-4-3-5-14(9-12)21-2/h3-10,20H,1-2H3,(H,18,19). The molecule has 0 radical (unpaired) electrons. The quantitative estimate of drug-likeness (QED) is 0.761. The van der Waals surface area contributed by atoms with Gasteiger partial charge in [-0.25, -0.2) is 0 Å². The number of nitrogens with zero attached hydrogens (tertiary/aromatic N) is 1. The van der Waals surface area contributed by atoms with Crippen LogP contribution in [-0.2, 0) is 0 Å². The Hall–Kier alpha value is -2.75. The highest BCUT2D eigenvalue weighted by Crippen LogP contribution is 2.29. The van der Waals surface area contributed by atoms with Gasteiger partial charge < -0.3 is 15.2 Å². The minimum Gasteiger partial charge on any atom is -0.508 e. The zero-order valence-corrected chi connectivity index (χ0v) is 11.9. The molecule has 0 aliphatic carbocycles. The average molecular weight is 280 g/mol. The molecule has 2 aromatic carbocycles. The van der Waals surface area contributed by atoms with E-state index in [2.05, 4.69) is 10.3 Å². The summed E-state index contributed by atoms with van der Waals surface area (Å²) in [4.78, 5) is 4.45. The highest BCUT2D eigenvalue weighted by atomic mass is 16.5. The van der Waals surface area contributed by atoms with E-state index in [1.54, 1.807) is 19.2 Å². The summed E-state index contributed by atoms with van der Waals surface area (Å²) in [7, 11) is 1.65. The van der Waals surface area contributed by atoms with Gasteiger partial charge in [0.1, 0.15) is 11.5 Å². The van der Waals surface area contributed by atoms with Crippen LogP contribution in [0, 0.1) is 6.92 Å². The van der Waals surface area contributed by atoms with Gasteiger partial charge in [0.2, 0.25) is 0 Å².